The summed E-state index contributed by atoms with van der Waals surface area (Å²) in [5.74, 6) is 0.188. The molecule has 0 saturated carbocycles. The smallest absolute Gasteiger partial charge is 0.417 e. The second kappa shape index (κ2) is 25.6. The molecular formula is C41H64N3O6S+. The van der Waals surface area contributed by atoms with Crippen LogP contribution in [0.25, 0.3) is 0 Å². The van der Waals surface area contributed by atoms with Crippen molar-refractivity contribution in [2.75, 3.05) is 26.9 Å². The fourth-order valence-electron chi connectivity index (χ4n) is 6.33. The Morgan fingerprint density at radius 3 is 1.86 bits per heavy atom. The first-order valence-corrected chi connectivity index (χ1v) is 20.6. The molecule has 9 nitrogen and oxygen atoms in total. The monoisotopic (exact) mass is 726 g/mol. The number of nitrogens with zero attached hydrogens (tertiary/aromatic N) is 2. The number of imide groups is 1. The van der Waals surface area contributed by atoms with Crippen molar-refractivity contribution in [3.8, 4) is 5.75 Å². The highest BCUT2D eigenvalue weighted by Gasteiger charge is 2.34. The second-order valence-corrected chi connectivity index (χ2v) is 15.2. The number of pyridine rings is 1. The first-order valence-electron chi connectivity index (χ1n) is 19.6. The van der Waals surface area contributed by atoms with E-state index in [2.05, 4.69) is 12.2 Å². The molecule has 1 fully saturated rings. The number of hydrogen-bond donors (Lipinski definition) is 1. The molecule has 3 amide bonds. The van der Waals surface area contributed by atoms with Crippen LogP contribution in [0.2, 0.25) is 0 Å². The van der Waals surface area contributed by atoms with E-state index in [4.69, 9.17) is 14.2 Å². The van der Waals surface area contributed by atoms with Gasteiger partial charge in [-0.05, 0) is 44.0 Å². The summed E-state index contributed by atoms with van der Waals surface area (Å²) in [4.78, 5) is 40.1. The fraction of sp³-hybridized carbons (Fsp3) is 0.659. The first-order chi connectivity index (χ1) is 24.9. The molecule has 284 valence electrons. The van der Waals surface area contributed by atoms with Crippen LogP contribution in [-0.2, 0) is 22.6 Å². The predicted molar refractivity (Wildman–Crippen MR) is 205 cm³/mol. The van der Waals surface area contributed by atoms with Gasteiger partial charge in [0.25, 0.3) is 5.91 Å². The van der Waals surface area contributed by atoms with Gasteiger partial charge in [-0.1, -0.05) is 109 Å². The van der Waals surface area contributed by atoms with Gasteiger partial charge in [-0.3, -0.25) is 4.79 Å². The summed E-state index contributed by atoms with van der Waals surface area (Å²) in [6, 6.07) is 12.4. The number of carbonyl (C=O) groups excluding carboxylic acids is 3. The normalized spacial score (nSPS) is 15.1. The number of aryl methyl sites for hydroxylation is 1. The molecule has 0 bridgehead atoms. The van der Waals surface area contributed by atoms with Crippen molar-refractivity contribution in [1.29, 1.82) is 0 Å². The van der Waals surface area contributed by atoms with Crippen molar-refractivity contribution in [3.63, 3.8) is 0 Å². The summed E-state index contributed by atoms with van der Waals surface area (Å²) in [6.45, 7) is 6.22. The van der Waals surface area contributed by atoms with Gasteiger partial charge in [-0.2, -0.15) is 0 Å². The Hall–Kier alpha value is -3.27. The topological polar surface area (TPSA) is 98.0 Å². The van der Waals surface area contributed by atoms with Crippen molar-refractivity contribution >= 4 is 29.9 Å². The zero-order valence-corrected chi connectivity index (χ0v) is 32.4. The van der Waals surface area contributed by atoms with Crippen LogP contribution >= 0.6 is 11.8 Å². The molecule has 1 saturated heterocycles. The van der Waals surface area contributed by atoms with Crippen LogP contribution in [0.1, 0.15) is 139 Å². The number of ether oxygens (including phenoxy) is 3. The molecular weight excluding hydrogens is 663 g/mol. The molecule has 1 aromatic heterocycles. The molecule has 2 atom stereocenters. The Morgan fingerprint density at radius 2 is 1.31 bits per heavy atom. The van der Waals surface area contributed by atoms with Crippen LogP contribution in [0.4, 0.5) is 9.59 Å². The van der Waals surface area contributed by atoms with Gasteiger partial charge in [0, 0.05) is 34.7 Å². The van der Waals surface area contributed by atoms with E-state index in [1.165, 1.54) is 89.9 Å². The molecule has 1 aromatic carbocycles. The van der Waals surface area contributed by atoms with Crippen molar-refractivity contribution < 1.29 is 33.2 Å². The molecule has 1 aliphatic rings. The Labute approximate surface area is 311 Å². The van der Waals surface area contributed by atoms with Crippen LogP contribution in [-0.4, -0.2) is 60.4 Å². The van der Waals surface area contributed by atoms with E-state index in [1.54, 1.807) is 43.1 Å². The van der Waals surface area contributed by atoms with E-state index in [1.807, 2.05) is 35.9 Å². The average Bonchev–Trinajstić information content (AvgIpc) is 3.14. The van der Waals surface area contributed by atoms with Gasteiger partial charge >= 0.3 is 12.2 Å². The minimum absolute atomic E-state index is 0.0845. The van der Waals surface area contributed by atoms with Gasteiger partial charge in [-0.25, -0.2) is 19.1 Å². The number of carbonyl (C=O) groups is 3. The summed E-state index contributed by atoms with van der Waals surface area (Å²) in [6.07, 6.45) is 22.8. The summed E-state index contributed by atoms with van der Waals surface area (Å²) < 4.78 is 18.3. The standard InChI is InChI=1S/C41H63N3O6S/c1-4-6-7-8-9-10-11-12-13-14-15-16-17-18-19-21-28-42-40(46)49-32-37-30-38(51-37)33-50-41(47)44(31-35-23-20-22-29-43(35)5-2)39(45)34-24-26-36(48-3)27-25-34/h20,22-27,29,37-38H,4-19,21,28,30-33H2,1-3H3/p+1/t37-,38-/m1/s1. The lowest BCUT2D eigenvalue weighted by molar-refractivity contribution is -0.701. The van der Waals surface area contributed by atoms with Gasteiger partial charge in [-0.15, -0.1) is 11.8 Å². The lowest BCUT2D eigenvalue weighted by Gasteiger charge is -2.34. The maximum absolute atomic E-state index is 13.5. The van der Waals surface area contributed by atoms with Crippen molar-refractivity contribution in [2.45, 2.75) is 147 Å². The lowest BCUT2D eigenvalue weighted by atomic mass is 10.0. The highest BCUT2D eigenvalue weighted by molar-refractivity contribution is 8.01. The summed E-state index contributed by atoms with van der Waals surface area (Å²) in [5.41, 5.74) is 1.19. The van der Waals surface area contributed by atoms with Gasteiger partial charge in [0.1, 0.15) is 32.1 Å². The number of thioether (sulfide) groups is 1. The number of aromatic nitrogens is 1. The van der Waals surface area contributed by atoms with Gasteiger partial charge < -0.3 is 19.5 Å². The Balaban J connectivity index is 1.22. The van der Waals surface area contributed by atoms with Crippen molar-refractivity contribution in [2.24, 2.45) is 0 Å². The van der Waals surface area contributed by atoms with E-state index in [-0.39, 0.29) is 29.7 Å². The van der Waals surface area contributed by atoms with Crippen LogP contribution in [0.15, 0.2) is 48.7 Å². The molecule has 3 rings (SSSR count). The molecule has 1 N–H and O–H groups in total. The van der Waals surface area contributed by atoms with Gasteiger partial charge in [0.15, 0.2) is 6.20 Å². The quantitative estimate of drug-likeness (QED) is 0.0762. The molecule has 2 aromatic rings. The van der Waals surface area contributed by atoms with E-state index < -0.39 is 12.0 Å². The Kier molecular flexibility index (Phi) is 21.2. The SMILES string of the molecule is CCCCCCCCCCCCCCCCCCNC(=O)OC[C@H]1C[C@H](COC(=O)N(Cc2cccc[n+]2CC)C(=O)c2ccc(OC)cc2)S1. The fourth-order valence-corrected chi connectivity index (χ4v) is 7.49. The minimum Gasteiger partial charge on any atom is -0.497 e. The average molecular weight is 727 g/mol. The number of methoxy groups -OCH3 is 1. The number of rotatable bonds is 26. The molecule has 2 heterocycles. The Morgan fingerprint density at radius 1 is 0.765 bits per heavy atom. The maximum Gasteiger partial charge on any atom is 0.417 e. The highest BCUT2D eigenvalue weighted by atomic mass is 32.2. The van der Waals surface area contributed by atoms with Gasteiger partial charge in [0.2, 0.25) is 5.69 Å². The second-order valence-electron chi connectivity index (χ2n) is 13.6. The number of unbranched alkanes of at least 4 members (excludes halogenated alkanes) is 15. The third kappa shape index (κ3) is 16.7. The molecule has 0 unspecified atom stereocenters. The molecule has 1 aliphatic heterocycles. The minimum atomic E-state index is -0.684. The number of alkyl carbamates (subject to hydrolysis) is 1. The summed E-state index contributed by atoms with van der Waals surface area (Å²) >= 11 is 1.64. The highest BCUT2D eigenvalue weighted by Crippen LogP contribution is 2.37. The largest absolute Gasteiger partial charge is 0.497 e. The zero-order valence-electron chi connectivity index (χ0n) is 31.6. The molecule has 0 radical (unpaired) electrons. The van der Waals surface area contributed by atoms with E-state index in [0.29, 0.717) is 31.0 Å². The lowest BCUT2D eigenvalue weighted by Crippen LogP contribution is -2.44. The Bertz CT molecular complexity index is 1270. The van der Waals surface area contributed by atoms with E-state index in [9.17, 15) is 14.4 Å². The third-order valence-electron chi connectivity index (χ3n) is 9.50. The van der Waals surface area contributed by atoms with Crippen LogP contribution in [0.3, 0.4) is 0 Å². The van der Waals surface area contributed by atoms with Crippen molar-refractivity contribution in [1.82, 2.24) is 10.2 Å². The van der Waals surface area contributed by atoms with Crippen LogP contribution < -0.4 is 14.6 Å². The van der Waals surface area contributed by atoms with E-state index >= 15 is 0 Å². The van der Waals surface area contributed by atoms with Crippen LogP contribution in [0, 0.1) is 0 Å². The van der Waals surface area contributed by atoms with E-state index in [0.717, 1.165) is 29.9 Å². The molecule has 0 spiro atoms. The maximum atomic E-state index is 13.5. The molecule has 10 heteroatoms. The number of hydrogen-bond acceptors (Lipinski definition) is 7. The number of nitrogens with one attached hydrogen (secondary N) is 1. The third-order valence-corrected chi connectivity index (χ3v) is 10.9. The van der Waals surface area contributed by atoms with Crippen LogP contribution in [0.5, 0.6) is 5.75 Å². The number of amides is 3. The molecule has 51 heavy (non-hydrogen) atoms. The van der Waals surface area contributed by atoms with Gasteiger partial charge in [0.05, 0.1) is 7.11 Å². The predicted octanol–water partition coefficient (Wildman–Crippen LogP) is 9.64. The van der Waals surface area contributed by atoms with Crippen molar-refractivity contribution in [3.05, 3.63) is 59.9 Å². The summed E-state index contributed by atoms with van der Waals surface area (Å²) in [7, 11) is 1.56. The zero-order chi connectivity index (χ0) is 36.5. The number of benzene rings is 1. The summed E-state index contributed by atoms with van der Waals surface area (Å²) in [5, 5.41) is 3.13. The first kappa shape index (κ1) is 42.1. The molecule has 0 aliphatic carbocycles.